The van der Waals surface area contributed by atoms with Crippen molar-refractivity contribution < 1.29 is 9.90 Å². The molecule has 0 aromatic heterocycles. The molecule has 0 spiro atoms. The normalized spacial score (nSPS) is 44.1. The Kier molecular flexibility index (Phi) is 2.64. The third kappa shape index (κ3) is 1.21. The van der Waals surface area contributed by atoms with Crippen molar-refractivity contribution in [2.24, 2.45) is 23.5 Å². The van der Waals surface area contributed by atoms with Crippen molar-refractivity contribution in [3.8, 4) is 0 Å². The second-order valence-corrected chi connectivity index (χ2v) is 3.77. The lowest BCUT2D eigenvalue weighted by Gasteiger charge is -2.23. The number of aliphatic carboxylic acids is 1. The predicted octanol–water partition coefficient (Wildman–Crippen LogP) is 0.866. The van der Waals surface area contributed by atoms with Crippen LogP contribution >= 0.6 is 12.4 Å². The van der Waals surface area contributed by atoms with Crippen LogP contribution in [0.3, 0.4) is 0 Å². The molecule has 0 unspecified atom stereocenters. The first-order chi connectivity index (χ1) is 5.20. The smallest absolute Gasteiger partial charge is 0.308 e. The molecule has 2 fully saturated rings. The highest BCUT2D eigenvalue weighted by Crippen LogP contribution is 2.47. The number of carboxylic acids is 1. The standard InChI is InChI=1S/C8H13NO2.ClH/c9-7-5-2-1-4(3-5)6(7)8(10)11;/h4-7H,1-3,9H2,(H,10,11);1H/t4-,5+,6-,7+;/m0./s1. The zero-order chi connectivity index (χ0) is 8.01. The van der Waals surface area contributed by atoms with Gasteiger partial charge in [-0.05, 0) is 31.1 Å². The summed E-state index contributed by atoms with van der Waals surface area (Å²) in [5, 5.41) is 8.83. The molecular formula is C8H14ClNO2. The maximum Gasteiger partial charge on any atom is 0.308 e. The second kappa shape index (κ2) is 3.23. The van der Waals surface area contributed by atoms with E-state index in [4.69, 9.17) is 10.8 Å². The zero-order valence-corrected chi connectivity index (χ0v) is 7.59. The van der Waals surface area contributed by atoms with Gasteiger partial charge in [0, 0.05) is 6.04 Å². The molecule has 0 heterocycles. The van der Waals surface area contributed by atoms with Crippen molar-refractivity contribution in [2.75, 3.05) is 0 Å². The molecule has 4 heteroatoms. The summed E-state index contributed by atoms with van der Waals surface area (Å²) in [6.07, 6.45) is 3.28. The summed E-state index contributed by atoms with van der Waals surface area (Å²) in [6, 6.07) is -0.0637. The molecule has 12 heavy (non-hydrogen) atoms. The Morgan fingerprint density at radius 1 is 1.33 bits per heavy atom. The summed E-state index contributed by atoms with van der Waals surface area (Å²) in [4.78, 5) is 10.7. The Bertz CT molecular complexity index is 195. The van der Waals surface area contributed by atoms with Crippen molar-refractivity contribution in [1.29, 1.82) is 0 Å². The second-order valence-electron chi connectivity index (χ2n) is 3.77. The quantitative estimate of drug-likeness (QED) is 0.647. The van der Waals surface area contributed by atoms with Crippen LogP contribution in [-0.4, -0.2) is 17.1 Å². The molecule has 70 valence electrons. The summed E-state index contributed by atoms with van der Waals surface area (Å²) in [7, 11) is 0. The summed E-state index contributed by atoms with van der Waals surface area (Å²) >= 11 is 0. The Morgan fingerprint density at radius 2 is 1.92 bits per heavy atom. The van der Waals surface area contributed by atoms with E-state index in [-0.39, 0.29) is 24.4 Å². The minimum Gasteiger partial charge on any atom is -0.481 e. The molecule has 0 radical (unpaired) electrons. The van der Waals surface area contributed by atoms with Gasteiger partial charge < -0.3 is 10.8 Å². The van der Waals surface area contributed by atoms with Crippen LogP contribution in [-0.2, 0) is 4.79 Å². The predicted molar refractivity (Wildman–Crippen MR) is 47.2 cm³/mol. The molecule has 0 saturated heterocycles. The number of fused-ring (bicyclic) bond motifs is 2. The van der Waals surface area contributed by atoms with Crippen molar-refractivity contribution in [3.05, 3.63) is 0 Å². The molecule has 2 rings (SSSR count). The Balaban J connectivity index is 0.000000720. The maximum absolute atomic E-state index is 10.7. The average Bonchev–Trinajstić information content (AvgIpc) is 2.44. The van der Waals surface area contributed by atoms with Gasteiger partial charge in [-0.1, -0.05) is 0 Å². The first kappa shape index (κ1) is 9.81. The van der Waals surface area contributed by atoms with Crippen molar-refractivity contribution in [1.82, 2.24) is 0 Å². The van der Waals surface area contributed by atoms with Crippen LogP contribution in [0.15, 0.2) is 0 Å². The fraction of sp³-hybridized carbons (Fsp3) is 0.875. The molecule has 0 aromatic carbocycles. The lowest BCUT2D eigenvalue weighted by molar-refractivity contribution is -0.144. The number of hydrogen-bond donors (Lipinski definition) is 2. The zero-order valence-electron chi connectivity index (χ0n) is 6.77. The molecule has 3 nitrogen and oxygen atoms in total. The molecular weight excluding hydrogens is 178 g/mol. The van der Waals surface area contributed by atoms with Crippen molar-refractivity contribution in [3.63, 3.8) is 0 Å². The van der Waals surface area contributed by atoms with Crippen LogP contribution in [0.5, 0.6) is 0 Å². The van der Waals surface area contributed by atoms with E-state index < -0.39 is 5.97 Å². The molecule has 4 atom stereocenters. The minimum absolute atomic E-state index is 0. The van der Waals surface area contributed by atoms with E-state index >= 15 is 0 Å². The van der Waals surface area contributed by atoms with Crippen LogP contribution in [0.1, 0.15) is 19.3 Å². The molecule has 2 bridgehead atoms. The first-order valence-corrected chi connectivity index (χ1v) is 4.18. The third-order valence-corrected chi connectivity index (χ3v) is 3.27. The third-order valence-electron chi connectivity index (χ3n) is 3.27. The van der Waals surface area contributed by atoms with E-state index in [1.807, 2.05) is 0 Å². The lowest BCUT2D eigenvalue weighted by Crippen LogP contribution is -2.40. The van der Waals surface area contributed by atoms with E-state index in [1.165, 1.54) is 0 Å². The number of hydrogen-bond acceptors (Lipinski definition) is 2. The highest BCUT2D eigenvalue weighted by molar-refractivity contribution is 5.85. The summed E-state index contributed by atoms with van der Waals surface area (Å²) < 4.78 is 0. The van der Waals surface area contributed by atoms with Gasteiger partial charge in [-0.3, -0.25) is 4.79 Å². The molecule has 2 aliphatic carbocycles. The molecule has 0 aliphatic heterocycles. The van der Waals surface area contributed by atoms with Crippen LogP contribution in [0.25, 0.3) is 0 Å². The topological polar surface area (TPSA) is 63.3 Å². The van der Waals surface area contributed by atoms with Crippen LogP contribution in [0.2, 0.25) is 0 Å². The van der Waals surface area contributed by atoms with Gasteiger partial charge in [0.15, 0.2) is 0 Å². The van der Waals surface area contributed by atoms with Gasteiger partial charge in [0.2, 0.25) is 0 Å². The van der Waals surface area contributed by atoms with Gasteiger partial charge in [-0.2, -0.15) is 0 Å². The Hall–Kier alpha value is -0.280. The largest absolute Gasteiger partial charge is 0.481 e. The highest BCUT2D eigenvalue weighted by atomic mass is 35.5. The SMILES string of the molecule is Cl.N[C@@H]1[C@@H]2CC[C@@H](C2)[C@@H]1C(=O)O. The maximum atomic E-state index is 10.7. The van der Waals surface area contributed by atoms with Gasteiger partial charge in [0.25, 0.3) is 0 Å². The van der Waals surface area contributed by atoms with Crippen molar-refractivity contribution in [2.45, 2.75) is 25.3 Å². The van der Waals surface area contributed by atoms with Gasteiger partial charge >= 0.3 is 5.97 Å². The summed E-state index contributed by atoms with van der Waals surface area (Å²) in [6.45, 7) is 0. The van der Waals surface area contributed by atoms with E-state index in [2.05, 4.69) is 0 Å². The van der Waals surface area contributed by atoms with Gasteiger partial charge in [-0.25, -0.2) is 0 Å². The Morgan fingerprint density at radius 3 is 2.25 bits per heavy atom. The first-order valence-electron chi connectivity index (χ1n) is 4.18. The van der Waals surface area contributed by atoms with Gasteiger partial charge in [-0.15, -0.1) is 12.4 Å². The molecule has 0 amide bonds. The minimum atomic E-state index is -0.690. The van der Waals surface area contributed by atoms with E-state index in [9.17, 15) is 4.79 Å². The number of carbonyl (C=O) groups is 1. The van der Waals surface area contributed by atoms with E-state index in [0.29, 0.717) is 11.8 Å². The fourth-order valence-electron chi connectivity index (χ4n) is 2.70. The van der Waals surface area contributed by atoms with Crippen LogP contribution < -0.4 is 5.73 Å². The molecule has 3 N–H and O–H groups in total. The number of halogens is 1. The monoisotopic (exact) mass is 191 g/mol. The highest BCUT2D eigenvalue weighted by Gasteiger charge is 2.49. The summed E-state index contributed by atoms with van der Waals surface area (Å²) in [5.41, 5.74) is 5.78. The molecule has 2 saturated carbocycles. The van der Waals surface area contributed by atoms with Crippen molar-refractivity contribution >= 4 is 18.4 Å². The lowest BCUT2D eigenvalue weighted by atomic mass is 9.85. The molecule has 2 aliphatic rings. The number of rotatable bonds is 1. The number of carboxylic acid groups (broad SMARTS) is 1. The molecule has 0 aromatic rings. The van der Waals surface area contributed by atoms with Gasteiger partial charge in [0.05, 0.1) is 5.92 Å². The summed E-state index contributed by atoms with van der Waals surface area (Å²) in [5.74, 6) is -0.0490. The fourth-order valence-corrected chi connectivity index (χ4v) is 2.70. The van der Waals surface area contributed by atoms with Gasteiger partial charge in [0.1, 0.15) is 0 Å². The number of nitrogens with two attached hydrogens (primary N) is 1. The van der Waals surface area contributed by atoms with E-state index in [0.717, 1.165) is 19.3 Å². The Labute approximate surface area is 77.7 Å². The van der Waals surface area contributed by atoms with Crippen LogP contribution in [0, 0.1) is 17.8 Å². The van der Waals surface area contributed by atoms with Crippen LogP contribution in [0.4, 0.5) is 0 Å². The van der Waals surface area contributed by atoms with E-state index in [1.54, 1.807) is 0 Å². The average molecular weight is 192 g/mol.